The number of carbonyl (C=O) groups is 2. The van der Waals surface area contributed by atoms with Crippen LogP contribution >= 0.6 is 15.9 Å². The number of halogens is 2. The maximum Gasteiger partial charge on any atom is 0.299 e. The summed E-state index contributed by atoms with van der Waals surface area (Å²) in [4.78, 5) is 25.9. The molecule has 2 heterocycles. The number of fused-ring (bicyclic) bond motifs is 1. The average molecular weight is 394 g/mol. The van der Waals surface area contributed by atoms with E-state index in [1.165, 1.54) is 11.0 Å². The first-order chi connectivity index (χ1) is 11.5. The largest absolute Gasteiger partial charge is 0.467 e. The highest BCUT2D eigenvalue weighted by atomic mass is 79.9. The lowest BCUT2D eigenvalue weighted by atomic mass is 9.95. The average Bonchev–Trinajstić information content (AvgIpc) is 2.79. The second-order valence-electron chi connectivity index (χ2n) is 5.84. The van der Waals surface area contributed by atoms with Crippen molar-refractivity contribution < 1.29 is 23.5 Å². The first-order valence-electron chi connectivity index (χ1n) is 7.48. The molecule has 1 aromatic carbocycles. The van der Waals surface area contributed by atoms with Gasteiger partial charge >= 0.3 is 0 Å². The molecule has 1 aliphatic carbocycles. The summed E-state index contributed by atoms with van der Waals surface area (Å²) in [6.07, 6.45) is 0.533. The first kappa shape index (κ1) is 15.5. The summed E-state index contributed by atoms with van der Waals surface area (Å²) < 4.78 is 25.5. The molecule has 0 bridgehead atoms. The lowest BCUT2D eigenvalue weighted by molar-refractivity contribution is -0.114. The molecule has 1 aromatic rings. The summed E-state index contributed by atoms with van der Waals surface area (Å²) in [5, 5.41) is 0. The Bertz CT molecular complexity index is 817. The molecule has 0 spiro atoms. The number of hydrogen-bond acceptors (Lipinski definition) is 4. The molecule has 2 aliphatic heterocycles. The van der Waals surface area contributed by atoms with E-state index in [-0.39, 0.29) is 19.8 Å². The predicted octanol–water partition coefficient (Wildman–Crippen LogP) is 2.91. The van der Waals surface area contributed by atoms with Crippen LogP contribution in [0, 0.1) is 0 Å². The highest BCUT2D eigenvalue weighted by molar-refractivity contribution is 9.10. The third kappa shape index (κ3) is 2.48. The smallest absolute Gasteiger partial charge is 0.299 e. The molecule has 0 fully saturated rings. The highest BCUT2D eigenvalue weighted by Crippen LogP contribution is 2.36. The van der Waals surface area contributed by atoms with Crippen LogP contribution in [0.3, 0.4) is 0 Å². The van der Waals surface area contributed by atoms with Crippen molar-refractivity contribution in [1.29, 1.82) is 0 Å². The van der Waals surface area contributed by atoms with Gasteiger partial charge in [-0.1, -0.05) is 15.9 Å². The van der Waals surface area contributed by atoms with Gasteiger partial charge in [0.1, 0.15) is 11.9 Å². The van der Waals surface area contributed by atoms with E-state index in [4.69, 9.17) is 9.47 Å². The third-order valence-electron chi connectivity index (χ3n) is 4.26. The standard InChI is InChI=1S/C17H13BrFNO4/c18-11-1-2-13-14(5-11)20(17(22)15(13)21)6-9-3-12(19)4-10-7-23-8-24-16(9)10/h1-3,5,12H,4,6-8H2. The number of ether oxygens (including phenoxy) is 2. The van der Waals surface area contributed by atoms with Crippen molar-refractivity contribution in [2.75, 3.05) is 24.8 Å². The Morgan fingerprint density at radius 2 is 2.17 bits per heavy atom. The summed E-state index contributed by atoms with van der Waals surface area (Å²) in [6.45, 7) is 0.511. The van der Waals surface area contributed by atoms with E-state index in [2.05, 4.69) is 15.9 Å². The van der Waals surface area contributed by atoms with Crippen LogP contribution in [0.2, 0.25) is 0 Å². The van der Waals surface area contributed by atoms with E-state index in [0.29, 0.717) is 29.2 Å². The monoisotopic (exact) mass is 393 g/mol. The van der Waals surface area contributed by atoms with Gasteiger partial charge in [-0.2, -0.15) is 0 Å². The number of carbonyl (C=O) groups excluding carboxylic acids is 2. The minimum Gasteiger partial charge on any atom is -0.467 e. The molecular formula is C17H13BrFNO4. The minimum absolute atomic E-state index is 0.0906. The summed E-state index contributed by atoms with van der Waals surface area (Å²) in [5.41, 5.74) is 2.20. The normalized spacial score (nSPS) is 23.0. The number of Topliss-reactive ketones (excluding diaryl/α,β-unsaturated/α-hetero) is 1. The van der Waals surface area contributed by atoms with E-state index in [9.17, 15) is 14.0 Å². The van der Waals surface area contributed by atoms with E-state index in [1.807, 2.05) is 0 Å². The quantitative estimate of drug-likeness (QED) is 0.724. The van der Waals surface area contributed by atoms with Crippen LogP contribution in [-0.4, -0.2) is 37.8 Å². The molecule has 7 heteroatoms. The maximum atomic E-state index is 14.0. The van der Waals surface area contributed by atoms with Crippen molar-refractivity contribution in [2.45, 2.75) is 12.6 Å². The molecule has 0 aromatic heterocycles. The lowest BCUT2D eigenvalue weighted by Gasteiger charge is -2.29. The number of anilines is 1. The minimum atomic E-state index is -1.15. The van der Waals surface area contributed by atoms with Gasteiger partial charge in [-0.15, -0.1) is 0 Å². The zero-order chi connectivity index (χ0) is 16.8. The molecule has 1 atom stereocenters. The van der Waals surface area contributed by atoms with Gasteiger partial charge in [0.25, 0.3) is 11.7 Å². The molecular weight excluding hydrogens is 381 g/mol. The van der Waals surface area contributed by atoms with E-state index in [0.717, 1.165) is 10.0 Å². The molecule has 0 N–H and O–H groups in total. The molecule has 4 rings (SSSR count). The van der Waals surface area contributed by atoms with Crippen LogP contribution in [0.5, 0.6) is 0 Å². The predicted molar refractivity (Wildman–Crippen MR) is 87.4 cm³/mol. The van der Waals surface area contributed by atoms with Crippen LogP contribution in [-0.2, 0) is 14.3 Å². The molecule has 5 nitrogen and oxygen atoms in total. The van der Waals surface area contributed by atoms with E-state index >= 15 is 0 Å². The van der Waals surface area contributed by atoms with Crippen molar-refractivity contribution in [3.8, 4) is 0 Å². The molecule has 1 unspecified atom stereocenters. The fourth-order valence-corrected chi connectivity index (χ4v) is 3.56. The Morgan fingerprint density at radius 3 is 3.00 bits per heavy atom. The van der Waals surface area contributed by atoms with Crippen molar-refractivity contribution in [3.05, 3.63) is 51.2 Å². The van der Waals surface area contributed by atoms with Gasteiger partial charge in [0.05, 0.1) is 24.4 Å². The Kier molecular flexibility index (Phi) is 3.77. The summed E-state index contributed by atoms with van der Waals surface area (Å²) in [6, 6.07) is 5.05. The Hall–Kier alpha value is -1.99. The van der Waals surface area contributed by atoms with Gasteiger partial charge in [0.2, 0.25) is 0 Å². The molecule has 0 saturated carbocycles. The number of nitrogens with zero attached hydrogens (tertiary/aromatic N) is 1. The number of alkyl halides is 1. The molecule has 124 valence electrons. The topological polar surface area (TPSA) is 55.8 Å². The van der Waals surface area contributed by atoms with Crippen LogP contribution < -0.4 is 4.90 Å². The van der Waals surface area contributed by atoms with Gasteiger partial charge < -0.3 is 14.4 Å². The fraction of sp³-hybridized carbons (Fsp3) is 0.294. The van der Waals surface area contributed by atoms with Crippen molar-refractivity contribution in [1.82, 2.24) is 0 Å². The molecule has 3 aliphatic rings. The summed E-state index contributed by atoms with van der Waals surface area (Å²) in [7, 11) is 0. The third-order valence-corrected chi connectivity index (χ3v) is 4.76. The highest BCUT2D eigenvalue weighted by Gasteiger charge is 2.38. The van der Waals surface area contributed by atoms with E-state index in [1.54, 1.807) is 18.2 Å². The van der Waals surface area contributed by atoms with Gasteiger partial charge in [0, 0.05) is 22.0 Å². The fourth-order valence-electron chi connectivity index (χ4n) is 3.21. The van der Waals surface area contributed by atoms with Crippen LogP contribution in [0.25, 0.3) is 0 Å². The van der Waals surface area contributed by atoms with Crippen molar-refractivity contribution in [2.24, 2.45) is 0 Å². The molecule has 1 amide bonds. The summed E-state index contributed by atoms with van der Waals surface area (Å²) >= 11 is 3.35. The number of amides is 1. The van der Waals surface area contributed by atoms with Gasteiger partial charge in [-0.05, 0) is 24.3 Å². The first-order valence-corrected chi connectivity index (χ1v) is 8.27. The molecule has 0 radical (unpaired) electrons. The number of rotatable bonds is 2. The maximum absolute atomic E-state index is 14.0. The zero-order valence-electron chi connectivity index (χ0n) is 12.6. The van der Waals surface area contributed by atoms with Crippen LogP contribution in [0.4, 0.5) is 10.1 Å². The lowest BCUT2D eigenvalue weighted by Crippen LogP contribution is -2.34. The van der Waals surface area contributed by atoms with Crippen LogP contribution in [0.15, 0.2) is 45.7 Å². The van der Waals surface area contributed by atoms with E-state index < -0.39 is 17.9 Å². The Morgan fingerprint density at radius 1 is 1.33 bits per heavy atom. The number of allylic oxidation sites excluding steroid dienone is 1. The number of hydrogen-bond donors (Lipinski definition) is 0. The number of benzene rings is 1. The van der Waals surface area contributed by atoms with Crippen molar-refractivity contribution >= 4 is 33.3 Å². The van der Waals surface area contributed by atoms with Gasteiger partial charge in [-0.25, -0.2) is 4.39 Å². The van der Waals surface area contributed by atoms with Crippen LogP contribution in [0.1, 0.15) is 16.8 Å². The second-order valence-corrected chi connectivity index (χ2v) is 6.75. The Labute approximate surface area is 145 Å². The molecule has 0 saturated heterocycles. The second kappa shape index (κ2) is 5.82. The van der Waals surface area contributed by atoms with Crippen molar-refractivity contribution in [3.63, 3.8) is 0 Å². The summed E-state index contributed by atoms with van der Waals surface area (Å²) in [5.74, 6) is -0.578. The van der Waals surface area contributed by atoms with Gasteiger partial charge in [-0.3, -0.25) is 9.59 Å². The van der Waals surface area contributed by atoms with Gasteiger partial charge in [0.15, 0.2) is 6.79 Å². The molecule has 24 heavy (non-hydrogen) atoms. The Balaban J connectivity index is 1.70. The number of ketones is 1. The zero-order valence-corrected chi connectivity index (χ0v) is 14.1. The SMILES string of the molecule is O=C1C(=O)N(CC2=CC(F)CC3=C2OCOC3)c2cc(Br)ccc21.